The zero-order valence-corrected chi connectivity index (χ0v) is 11.7. The minimum absolute atomic E-state index is 0.00103. The molecule has 100 valence electrons. The number of rotatable bonds is 4. The molecular weight excluding hydrogens is 237 g/mol. The fourth-order valence-corrected chi connectivity index (χ4v) is 2.20. The second-order valence-corrected chi connectivity index (χ2v) is 4.98. The molecule has 0 aliphatic heterocycles. The van der Waals surface area contributed by atoms with Crippen molar-refractivity contribution in [1.29, 1.82) is 0 Å². The number of hydrogen-bond acceptors (Lipinski definition) is 1. The molecule has 0 aliphatic rings. The number of hydrogen-bond donors (Lipinski definition) is 1. The van der Waals surface area contributed by atoms with Crippen LogP contribution in [0.4, 0.5) is 4.39 Å². The van der Waals surface area contributed by atoms with E-state index >= 15 is 0 Å². The van der Waals surface area contributed by atoms with Crippen LogP contribution < -0.4 is 5.32 Å². The molecule has 0 aromatic heterocycles. The van der Waals surface area contributed by atoms with Gasteiger partial charge in [-0.05, 0) is 43.5 Å². The summed E-state index contributed by atoms with van der Waals surface area (Å²) in [5.74, 6) is -0.150. The van der Waals surface area contributed by atoms with Gasteiger partial charge in [-0.1, -0.05) is 36.4 Å². The summed E-state index contributed by atoms with van der Waals surface area (Å²) in [6, 6.07) is 13.2. The zero-order valence-electron chi connectivity index (χ0n) is 11.7. The molecule has 0 amide bonds. The maximum Gasteiger partial charge on any atom is 0.127 e. The van der Waals surface area contributed by atoms with Gasteiger partial charge < -0.3 is 5.32 Å². The SMILES string of the molecule is Cc1cccc(CNC(C)c2ccccc2F)c1C. The predicted molar refractivity (Wildman–Crippen MR) is 77.6 cm³/mol. The Balaban J connectivity index is 2.07. The van der Waals surface area contributed by atoms with E-state index in [9.17, 15) is 4.39 Å². The highest BCUT2D eigenvalue weighted by Gasteiger charge is 2.10. The number of aryl methyl sites for hydroxylation is 1. The lowest BCUT2D eigenvalue weighted by atomic mass is 10.0. The Labute approximate surface area is 114 Å². The highest BCUT2D eigenvalue weighted by molar-refractivity contribution is 5.33. The third-order valence-corrected chi connectivity index (χ3v) is 3.69. The molecule has 2 heteroatoms. The van der Waals surface area contributed by atoms with E-state index in [1.807, 2.05) is 19.1 Å². The summed E-state index contributed by atoms with van der Waals surface area (Å²) in [7, 11) is 0. The predicted octanol–water partition coefficient (Wildman–Crippen LogP) is 4.29. The highest BCUT2D eigenvalue weighted by atomic mass is 19.1. The number of benzene rings is 2. The van der Waals surface area contributed by atoms with Crippen LogP contribution in [0.2, 0.25) is 0 Å². The minimum Gasteiger partial charge on any atom is -0.306 e. The van der Waals surface area contributed by atoms with E-state index in [4.69, 9.17) is 0 Å². The van der Waals surface area contributed by atoms with Crippen LogP contribution in [0, 0.1) is 19.7 Å². The van der Waals surface area contributed by atoms with E-state index in [-0.39, 0.29) is 11.9 Å². The first-order chi connectivity index (χ1) is 9.09. The molecule has 1 atom stereocenters. The molecule has 0 heterocycles. The van der Waals surface area contributed by atoms with Crippen molar-refractivity contribution >= 4 is 0 Å². The molecule has 2 rings (SSSR count). The van der Waals surface area contributed by atoms with E-state index < -0.39 is 0 Å². The lowest BCUT2D eigenvalue weighted by Gasteiger charge is -2.16. The molecular formula is C17H20FN. The first kappa shape index (κ1) is 13.8. The first-order valence-corrected chi connectivity index (χ1v) is 6.62. The van der Waals surface area contributed by atoms with Gasteiger partial charge in [0.05, 0.1) is 0 Å². The molecule has 0 spiro atoms. The molecule has 0 aliphatic carbocycles. The topological polar surface area (TPSA) is 12.0 Å². The third kappa shape index (κ3) is 3.21. The Morgan fingerprint density at radius 2 is 1.79 bits per heavy atom. The van der Waals surface area contributed by atoms with Crippen molar-refractivity contribution in [3.63, 3.8) is 0 Å². The van der Waals surface area contributed by atoms with Crippen LogP contribution in [-0.4, -0.2) is 0 Å². The van der Waals surface area contributed by atoms with E-state index in [0.29, 0.717) is 5.56 Å². The second kappa shape index (κ2) is 5.98. The standard InChI is InChI=1S/C17H20FN/c1-12-7-6-8-15(13(12)2)11-19-14(3)16-9-4-5-10-17(16)18/h4-10,14,19H,11H2,1-3H3. The Kier molecular flexibility index (Phi) is 4.33. The van der Waals surface area contributed by atoms with Crippen LogP contribution >= 0.6 is 0 Å². The van der Waals surface area contributed by atoms with Crippen LogP contribution in [0.5, 0.6) is 0 Å². The maximum atomic E-state index is 13.7. The number of nitrogens with one attached hydrogen (secondary N) is 1. The Hall–Kier alpha value is -1.67. The minimum atomic E-state index is -0.150. The van der Waals surface area contributed by atoms with Crippen LogP contribution in [0.25, 0.3) is 0 Å². The van der Waals surface area contributed by atoms with E-state index in [1.165, 1.54) is 22.8 Å². The van der Waals surface area contributed by atoms with Crippen molar-refractivity contribution in [2.45, 2.75) is 33.4 Å². The van der Waals surface area contributed by atoms with Crippen molar-refractivity contribution in [1.82, 2.24) is 5.32 Å². The van der Waals surface area contributed by atoms with Crippen molar-refractivity contribution in [2.24, 2.45) is 0 Å². The van der Waals surface area contributed by atoms with Crippen LogP contribution in [-0.2, 0) is 6.54 Å². The summed E-state index contributed by atoms with van der Waals surface area (Å²) in [5.41, 5.74) is 4.57. The van der Waals surface area contributed by atoms with Crippen molar-refractivity contribution in [3.05, 3.63) is 70.5 Å². The summed E-state index contributed by atoms with van der Waals surface area (Å²) in [6.45, 7) is 6.98. The molecule has 1 unspecified atom stereocenters. The monoisotopic (exact) mass is 257 g/mol. The van der Waals surface area contributed by atoms with Gasteiger partial charge in [0.15, 0.2) is 0 Å². The molecule has 0 bridgehead atoms. The van der Waals surface area contributed by atoms with Crippen LogP contribution in [0.3, 0.4) is 0 Å². The van der Waals surface area contributed by atoms with Gasteiger partial charge in [-0.15, -0.1) is 0 Å². The number of halogens is 1. The zero-order chi connectivity index (χ0) is 13.8. The molecule has 1 N–H and O–H groups in total. The fraction of sp³-hybridized carbons (Fsp3) is 0.294. The summed E-state index contributed by atoms with van der Waals surface area (Å²) in [5, 5.41) is 3.38. The average Bonchev–Trinajstić information content (AvgIpc) is 2.40. The van der Waals surface area contributed by atoms with Gasteiger partial charge in [0.2, 0.25) is 0 Å². The fourth-order valence-electron chi connectivity index (χ4n) is 2.20. The van der Waals surface area contributed by atoms with Gasteiger partial charge in [0.25, 0.3) is 0 Å². The quantitative estimate of drug-likeness (QED) is 0.861. The lowest BCUT2D eigenvalue weighted by molar-refractivity contribution is 0.527. The molecule has 0 saturated carbocycles. The Morgan fingerprint density at radius 1 is 1.05 bits per heavy atom. The average molecular weight is 257 g/mol. The van der Waals surface area contributed by atoms with Gasteiger partial charge in [-0.3, -0.25) is 0 Å². The smallest absolute Gasteiger partial charge is 0.127 e. The van der Waals surface area contributed by atoms with Gasteiger partial charge >= 0.3 is 0 Å². The summed E-state index contributed by atoms with van der Waals surface area (Å²) >= 11 is 0. The van der Waals surface area contributed by atoms with E-state index in [2.05, 4.69) is 37.4 Å². The summed E-state index contributed by atoms with van der Waals surface area (Å²) in [6.07, 6.45) is 0. The lowest BCUT2D eigenvalue weighted by Crippen LogP contribution is -2.19. The summed E-state index contributed by atoms with van der Waals surface area (Å²) < 4.78 is 13.7. The van der Waals surface area contributed by atoms with Crippen molar-refractivity contribution in [2.75, 3.05) is 0 Å². The summed E-state index contributed by atoms with van der Waals surface area (Å²) in [4.78, 5) is 0. The normalized spacial score (nSPS) is 12.4. The van der Waals surface area contributed by atoms with E-state index in [0.717, 1.165) is 6.54 Å². The molecule has 2 aromatic rings. The largest absolute Gasteiger partial charge is 0.306 e. The molecule has 19 heavy (non-hydrogen) atoms. The highest BCUT2D eigenvalue weighted by Crippen LogP contribution is 2.18. The Bertz CT molecular complexity index is 563. The van der Waals surface area contributed by atoms with Crippen molar-refractivity contribution in [3.8, 4) is 0 Å². The van der Waals surface area contributed by atoms with Gasteiger partial charge in [0.1, 0.15) is 5.82 Å². The van der Waals surface area contributed by atoms with E-state index in [1.54, 1.807) is 6.07 Å². The van der Waals surface area contributed by atoms with Crippen LogP contribution in [0.15, 0.2) is 42.5 Å². The first-order valence-electron chi connectivity index (χ1n) is 6.62. The van der Waals surface area contributed by atoms with Gasteiger partial charge in [-0.2, -0.15) is 0 Å². The molecule has 0 fully saturated rings. The maximum absolute atomic E-state index is 13.7. The second-order valence-electron chi connectivity index (χ2n) is 4.98. The van der Waals surface area contributed by atoms with Crippen molar-refractivity contribution < 1.29 is 4.39 Å². The Morgan fingerprint density at radius 3 is 2.53 bits per heavy atom. The molecule has 2 aromatic carbocycles. The van der Waals surface area contributed by atoms with Crippen LogP contribution in [0.1, 0.15) is 35.2 Å². The molecule has 0 saturated heterocycles. The molecule has 0 radical (unpaired) electrons. The van der Waals surface area contributed by atoms with Gasteiger partial charge in [0, 0.05) is 18.2 Å². The third-order valence-electron chi connectivity index (χ3n) is 3.69. The van der Waals surface area contributed by atoms with Gasteiger partial charge in [-0.25, -0.2) is 4.39 Å². The molecule has 1 nitrogen and oxygen atoms in total.